The van der Waals surface area contributed by atoms with Gasteiger partial charge in [0, 0.05) is 6.42 Å². The van der Waals surface area contributed by atoms with Gasteiger partial charge in [0.2, 0.25) is 0 Å². The second kappa shape index (κ2) is 8.73. The van der Waals surface area contributed by atoms with E-state index in [4.69, 9.17) is 13.9 Å². The normalized spacial score (nSPS) is 15.6. The molecule has 1 aromatic heterocycles. The minimum atomic E-state index is -0.288. The largest absolute Gasteiger partial charge is 0.497 e. The molecule has 0 aliphatic carbocycles. The van der Waals surface area contributed by atoms with E-state index in [2.05, 4.69) is 10.4 Å². The summed E-state index contributed by atoms with van der Waals surface area (Å²) in [7, 11) is 3.23. The van der Waals surface area contributed by atoms with Crippen molar-refractivity contribution in [3.8, 4) is 11.5 Å². The van der Waals surface area contributed by atoms with E-state index in [9.17, 15) is 4.79 Å². The number of methoxy groups -OCH3 is 2. The summed E-state index contributed by atoms with van der Waals surface area (Å²) >= 11 is 0. The molecule has 0 saturated carbocycles. The number of ether oxygens (including phenoxy) is 2. The van der Waals surface area contributed by atoms with Crippen LogP contribution in [0.25, 0.3) is 0 Å². The molecule has 1 N–H and O–H groups in total. The molecule has 7 heteroatoms. The van der Waals surface area contributed by atoms with Crippen LogP contribution < -0.4 is 14.8 Å². The molecule has 1 aliphatic rings. The number of anilines is 1. The van der Waals surface area contributed by atoms with Gasteiger partial charge in [0.25, 0.3) is 5.91 Å². The number of hydrogen-bond acceptors (Lipinski definition) is 6. The first-order chi connectivity index (χ1) is 14.7. The number of amides is 1. The lowest BCUT2D eigenvalue weighted by molar-refractivity contribution is -0.131. The van der Waals surface area contributed by atoms with Crippen LogP contribution in [0, 0.1) is 0 Å². The lowest BCUT2D eigenvalue weighted by Crippen LogP contribution is -2.32. The van der Waals surface area contributed by atoms with E-state index in [0.29, 0.717) is 17.9 Å². The quantitative estimate of drug-likeness (QED) is 0.641. The number of carbonyl (C=O) groups is 1. The SMILES string of the molecule is COc1ccc(C2=NN(C(=O)CNc3ccccc3OC)[C@@H](c3ccco3)C2)cc1. The number of benzene rings is 2. The minimum absolute atomic E-state index is 0.0803. The van der Waals surface area contributed by atoms with E-state index in [1.54, 1.807) is 20.5 Å². The van der Waals surface area contributed by atoms with Crippen LogP contribution in [0.1, 0.15) is 23.8 Å². The molecule has 154 valence electrons. The zero-order chi connectivity index (χ0) is 20.9. The topological polar surface area (TPSA) is 76.3 Å². The summed E-state index contributed by atoms with van der Waals surface area (Å²) in [5, 5.41) is 9.28. The Balaban J connectivity index is 1.55. The minimum Gasteiger partial charge on any atom is -0.497 e. The third kappa shape index (κ3) is 4.00. The third-order valence-corrected chi connectivity index (χ3v) is 5.00. The molecule has 2 aromatic carbocycles. The van der Waals surface area contributed by atoms with Gasteiger partial charge in [-0.15, -0.1) is 0 Å². The summed E-state index contributed by atoms with van der Waals surface area (Å²) in [6.07, 6.45) is 2.18. The maximum Gasteiger partial charge on any atom is 0.262 e. The number of rotatable bonds is 7. The highest BCUT2D eigenvalue weighted by molar-refractivity contribution is 6.03. The van der Waals surface area contributed by atoms with Crippen molar-refractivity contribution >= 4 is 17.3 Å². The molecule has 0 radical (unpaired) electrons. The van der Waals surface area contributed by atoms with Crippen molar-refractivity contribution in [2.24, 2.45) is 5.10 Å². The highest BCUT2D eigenvalue weighted by Gasteiger charge is 2.34. The Morgan fingerprint density at radius 1 is 1.10 bits per heavy atom. The van der Waals surface area contributed by atoms with Gasteiger partial charge in [0.15, 0.2) is 0 Å². The average Bonchev–Trinajstić information content (AvgIpc) is 3.47. The summed E-state index contributed by atoms with van der Waals surface area (Å²) < 4.78 is 16.2. The standard InChI is InChI=1S/C23H23N3O4/c1-28-17-11-9-16(10-12-17)19-14-20(22-8-5-13-30-22)26(25-19)23(27)15-24-18-6-3-4-7-21(18)29-2/h3-13,20,24H,14-15H2,1-2H3/t20-/m1/s1. The fourth-order valence-electron chi connectivity index (χ4n) is 3.44. The summed E-state index contributed by atoms with van der Waals surface area (Å²) in [6, 6.07) is 18.5. The van der Waals surface area contributed by atoms with Gasteiger partial charge in [-0.3, -0.25) is 4.79 Å². The lowest BCUT2D eigenvalue weighted by Gasteiger charge is -2.20. The number of nitrogens with zero attached hydrogens (tertiary/aromatic N) is 2. The highest BCUT2D eigenvalue weighted by Crippen LogP contribution is 2.33. The van der Waals surface area contributed by atoms with Crippen molar-refractivity contribution in [3.05, 3.63) is 78.3 Å². The Labute approximate surface area is 174 Å². The van der Waals surface area contributed by atoms with Crippen LogP contribution in [-0.2, 0) is 4.79 Å². The van der Waals surface area contributed by atoms with E-state index in [1.165, 1.54) is 5.01 Å². The van der Waals surface area contributed by atoms with Crippen LogP contribution in [0.4, 0.5) is 5.69 Å². The Morgan fingerprint density at radius 3 is 2.60 bits per heavy atom. The van der Waals surface area contributed by atoms with E-state index >= 15 is 0 Å². The summed E-state index contributed by atoms with van der Waals surface area (Å²) in [4.78, 5) is 13.1. The van der Waals surface area contributed by atoms with Crippen LogP contribution in [-0.4, -0.2) is 37.4 Å². The zero-order valence-electron chi connectivity index (χ0n) is 16.9. The van der Waals surface area contributed by atoms with Gasteiger partial charge in [-0.05, 0) is 54.1 Å². The lowest BCUT2D eigenvalue weighted by atomic mass is 10.0. The number of furan rings is 1. The fourth-order valence-corrected chi connectivity index (χ4v) is 3.44. The Morgan fingerprint density at radius 2 is 1.90 bits per heavy atom. The van der Waals surface area contributed by atoms with E-state index in [-0.39, 0.29) is 18.5 Å². The van der Waals surface area contributed by atoms with Crippen molar-refractivity contribution in [1.82, 2.24) is 5.01 Å². The first kappa shape index (κ1) is 19.6. The van der Waals surface area contributed by atoms with Crippen molar-refractivity contribution in [3.63, 3.8) is 0 Å². The molecule has 0 bridgehead atoms. The molecule has 2 heterocycles. The number of para-hydroxylation sites is 2. The van der Waals surface area contributed by atoms with Crippen LogP contribution in [0.5, 0.6) is 11.5 Å². The Bertz CT molecular complexity index is 1030. The van der Waals surface area contributed by atoms with Crippen LogP contribution >= 0.6 is 0 Å². The fraction of sp³-hybridized carbons (Fsp3) is 0.217. The summed E-state index contributed by atoms with van der Waals surface area (Å²) in [6.45, 7) is 0.0803. The van der Waals surface area contributed by atoms with Gasteiger partial charge in [-0.1, -0.05) is 12.1 Å². The molecule has 1 amide bonds. The molecule has 1 atom stereocenters. The predicted octanol–water partition coefficient (Wildman–Crippen LogP) is 4.09. The zero-order valence-corrected chi connectivity index (χ0v) is 16.9. The molecule has 30 heavy (non-hydrogen) atoms. The molecule has 3 aromatic rings. The predicted molar refractivity (Wildman–Crippen MR) is 114 cm³/mol. The molecule has 0 saturated heterocycles. The Kier molecular flexibility index (Phi) is 5.70. The Hall–Kier alpha value is -3.74. The van der Waals surface area contributed by atoms with Gasteiger partial charge in [-0.2, -0.15) is 5.10 Å². The summed E-state index contributed by atoms with van der Waals surface area (Å²) in [5.74, 6) is 1.99. The molecular weight excluding hydrogens is 382 g/mol. The number of nitrogens with one attached hydrogen (secondary N) is 1. The van der Waals surface area contributed by atoms with Gasteiger partial charge < -0.3 is 19.2 Å². The van der Waals surface area contributed by atoms with Crippen molar-refractivity contribution in [2.75, 3.05) is 26.1 Å². The second-order valence-electron chi connectivity index (χ2n) is 6.80. The molecule has 7 nitrogen and oxygen atoms in total. The molecule has 0 spiro atoms. The van der Waals surface area contributed by atoms with Crippen molar-refractivity contribution < 1.29 is 18.7 Å². The van der Waals surface area contributed by atoms with E-state index in [0.717, 1.165) is 22.7 Å². The number of carbonyl (C=O) groups excluding carboxylic acids is 1. The highest BCUT2D eigenvalue weighted by atomic mass is 16.5. The van der Waals surface area contributed by atoms with Crippen LogP contribution in [0.3, 0.4) is 0 Å². The first-order valence-corrected chi connectivity index (χ1v) is 9.64. The van der Waals surface area contributed by atoms with E-state index < -0.39 is 0 Å². The molecule has 4 rings (SSSR count). The maximum atomic E-state index is 13.1. The second-order valence-corrected chi connectivity index (χ2v) is 6.80. The van der Waals surface area contributed by atoms with Gasteiger partial charge >= 0.3 is 0 Å². The van der Waals surface area contributed by atoms with Gasteiger partial charge in [-0.25, -0.2) is 5.01 Å². The molecular formula is C23H23N3O4. The maximum absolute atomic E-state index is 13.1. The van der Waals surface area contributed by atoms with Crippen molar-refractivity contribution in [2.45, 2.75) is 12.5 Å². The van der Waals surface area contributed by atoms with E-state index in [1.807, 2.05) is 60.7 Å². The third-order valence-electron chi connectivity index (χ3n) is 5.00. The summed E-state index contributed by atoms with van der Waals surface area (Å²) in [5.41, 5.74) is 2.52. The average molecular weight is 405 g/mol. The number of hydrogen-bond donors (Lipinski definition) is 1. The molecule has 0 fully saturated rings. The van der Waals surface area contributed by atoms with Crippen LogP contribution in [0.2, 0.25) is 0 Å². The first-order valence-electron chi connectivity index (χ1n) is 9.64. The van der Waals surface area contributed by atoms with Gasteiger partial charge in [0.1, 0.15) is 23.3 Å². The van der Waals surface area contributed by atoms with Crippen LogP contribution in [0.15, 0.2) is 76.4 Å². The smallest absolute Gasteiger partial charge is 0.262 e. The molecule has 1 aliphatic heterocycles. The number of hydrazone groups is 1. The molecule has 0 unspecified atom stereocenters. The monoisotopic (exact) mass is 405 g/mol. The van der Waals surface area contributed by atoms with Gasteiger partial charge in [0.05, 0.1) is 38.4 Å². The van der Waals surface area contributed by atoms with Crippen molar-refractivity contribution in [1.29, 1.82) is 0 Å².